The fraction of sp³-hybridized carbons (Fsp3) is 0.429. The third-order valence-electron chi connectivity index (χ3n) is 3.12. The third kappa shape index (κ3) is 4.37. The number of carbonyl (C=O) groups is 2. The second kappa shape index (κ2) is 6.33. The highest BCUT2D eigenvalue weighted by Crippen LogP contribution is 2.27. The van der Waals surface area contributed by atoms with Crippen LogP contribution < -0.4 is 10.6 Å². The van der Waals surface area contributed by atoms with Gasteiger partial charge in [0.1, 0.15) is 0 Å². The molecule has 5 nitrogen and oxygen atoms in total. The summed E-state index contributed by atoms with van der Waals surface area (Å²) in [5, 5.41) is 4.67. The van der Waals surface area contributed by atoms with E-state index in [0.717, 1.165) is 19.4 Å². The normalized spacial score (nSPS) is 14.2. The quantitative estimate of drug-likeness (QED) is 0.834. The Balaban J connectivity index is 1.90. The first-order chi connectivity index (χ1) is 9.19. The summed E-state index contributed by atoms with van der Waals surface area (Å²) < 4.78 is 0. The molecule has 0 aromatic heterocycles. The summed E-state index contributed by atoms with van der Waals surface area (Å²) in [5.74, 6) is -0.262. The number of nitrogens with one attached hydrogen (secondary N) is 2. The molecule has 1 aromatic rings. The number of hydrogen-bond acceptors (Lipinski definition) is 3. The van der Waals surface area contributed by atoms with Gasteiger partial charge in [-0.3, -0.25) is 15.0 Å². The van der Waals surface area contributed by atoms with E-state index in [4.69, 9.17) is 0 Å². The predicted molar refractivity (Wildman–Crippen MR) is 72.5 cm³/mol. The fourth-order valence-corrected chi connectivity index (χ4v) is 1.98. The van der Waals surface area contributed by atoms with Crippen molar-refractivity contribution in [2.24, 2.45) is 0 Å². The van der Waals surface area contributed by atoms with Crippen LogP contribution in [0.3, 0.4) is 0 Å². The first-order valence-corrected chi connectivity index (χ1v) is 6.48. The number of urea groups is 1. The van der Waals surface area contributed by atoms with Gasteiger partial charge in [-0.05, 0) is 18.4 Å². The molecule has 0 aliphatic heterocycles. The van der Waals surface area contributed by atoms with Crippen molar-refractivity contribution in [1.82, 2.24) is 15.5 Å². The molecule has 102 valence electrons. The van der Waals surface area contributed by atoms with E-state index in [1.165, 1.54) is 12.6 Å². The zero-order chi connectivity index (χ0) is 13.7. The molecule has 0 unspecified atom stereocenters. The maximum absolute atomic E-state index is 11.7. The minimum Gasteiger partial charge on any atom is -0.341 e. The van der Waals surface area contributed by atoms with Gasteiger partial charge in [0.05, 0.1) is 6.54 Å². The van der Waals surface area contributed by atoms with Crippen molar-refractivity contribution in [2.75, 3.05) is 13.6 Å². The summed E-state index contributed by atoms with van der Waals surface area (Å²) >= 11 is 0. The van der Waals surface area contributed by atoms with Crippen molar-refractivity contribution in [1.29, 1.82) is 0 Å². The Bertz CT molecular complexity index is 443. The van der Waals surface area contributed by atoms with Crippen LogP contribution in [0.25, 0.3) is 0 Å². The van der Waals surface area contributed by atoms with Gasteiger partial charge in [-0.15, -0.1) is 0 Å². The first-order valence-electron chi connectivity index (χ1n) is 6.48. The monoisotopic (exact) mass is 261 g/mol. The molecule has 1 fully saturated rings. The lowest BCUT2D eigenvalue weighted by atomic mass is 10.2. The summed E-state index contributed by atoms with van der Waals surface area (Å²) in [6.45, 7) is 1.000. The van der Waals surface area contributed by atoms with E-state index in [1.807, 2.05) is 30.3 Å². The minimum atomic E-state index is -0.458. The molecule has 0 atom stereocenters. The van der Waals surface area contributed by atoms with Gasteiger partial charge in [0, 0.05) is 19.6 Å². The smallest absolute Gasteiger partial charge is 0.321 e. The van der Waals surface area contributed by atoms with Crippen molar-refractivity contribution >= 4 is 11.9 Å². The van der Waals surface area contributed by atoms with Crippen LogP contribution >= 0.6 is 0 Å². The van der Waals surface area contributed by atoms with E-state index in [2.05, 4.69) is 15.5 Å². The van der Waals surface area contributed by atoms with Crippen molar-refractivity contribution in [3.05, 3.63) is 35.9 Å². The molecule has 0 bridgehead atoms. The zero-order valence-electron chi connectivity index (χ0n) is 11.1. The topological polar surface area (TPSA) is 61.4 Å². The van der Waals surface area contributed by atoms with Crippen LogP contribution in [0.5, 0.6) is 0 Å². The number of imide groups is 1. The van der Waals surface area contributed by atoms with Crippen LogP contribution in [0.4, 0.5) is 4.79 Å². The van der Waals surface area contributed by atoms with Gasteiger partial charge in [0.15, 0.2) is 0 Å². The van der Waals surface area contributed by atoms with Gasteiger partial charge in [-0.2, -0.15) is 0 Å². The molecular formula is C14H19N3O2. The van der Waals surface area contributed by atoms with Gasteiger partial charge in [-0.25, -0.2) is 4.79 Å². The number of nitrogens with zero attached hydrogens (tertiary/aromatic N) is 1. The molecule has 0 heterocycles. The van der Waals surface area contributed by atoms with Crippen molar-refractivity contribution in [3.8, 4) is 0 Å². The number of amides is 3. The second-order valence-electron chi connectivity index (χ2n) is 4.75. The van der Waals surface area contributed by atoms with Gasteiger partial charge in [0.2, 0.25) is 5.91 Å². The maximum Gasteiger partial charge on any atom is 0.321 e. The molecule has 0 spiro atoms. The molecule has 1 saturated carbocycles. The zero-order valence-corrected chi connectivity index (χ0v) is 11.1. The fourth-order valence-electron chi connectivity index (χ4n) is 1.98. The highest BCUT2D eigenvalue weighted by atomic mass is 16.2. The van der Waals surface area contributed by atoms with Crippen LogP contribution in [0.1, 0.15) is 18.4 Å². The highest BCUT2D eigenvalue weighted by molar-refractivity contribution is 5.95. The lowest BCUT2D eigenvalue weighted by Crippen LogP contribution is -2.43. The number of rotatable bonds is 5. The Labute approximate surface area is 113 Å². The third-order valence-corrected chi connectivity index (χ3v) is 3.12. The second-order valence-corrected chi connectivity index (χ2v) is 4.75. The van der Waals surface area contributed by atoms with Gasteiger partial charge in [-0.1, -0.05) is 30.3 Å². The average Bonchev–Trinajstić information content (AvgIpc) is 3.23. The van der Waals surface area contributed by atoms with Gasteiger partial charge in [0.25, 0.3) is 0 Å². The lowest BCUT2D eigenvalue weighted by Gasteiger charge is -2.21. The van der Waals surface area contributed by atoms with Crippen LogP contribution in [0.15, 0.2) is 30.3 Å². The van der Waals surface area contributed by atoms with E-state index >= 15 is 0 Å². The van der Waals surface area contributed by atoms with E-state index in [-0.39, 0.29) is 12.5 Å². The molecule has 1 aliphatic carbocycles. The van der Waals surface area contributed by atoms with Crippen molar-refractivity contribution in [2.45, 2.75) is 25.4 Å². The predicted octanol–water partition coefficient (Wildman–Crippen LogP) is 1.11. The molecular weight excluding hydrogens is 242 g/mol. The summed E-state index contributed by atoms with van der Waals surface area (Å²) in [5.41, 5.74) is 1.18. The van der Waals surface area contributed by atoms with E-state index in [0.29, 0.717) is 6.04 Å². The lowest BCUT2D eigenvalue weighted by molar-refractivity contribution is -0.121. The summed E-state index contributed by atoms with van der Waals surface area (Å²) in [6.07, 6.45) is 2.25. The number of carbonyl (C=O) groups excluding carboxylic acids is 2. The maximum atomic E-state index is 11.7. The average molecular weight is 261 g/mol. The van der Waals surface area contributed by atoms with Crippen molar-refractivity contribution < 1.29 is 9.59 Å². The van der Waals surface area contributed by atoms with E-state index in [1.54, 1.807) is 0 Å². The molecule has 3 amide bonds. The largest absolute Gasteiger partial charge is 0.341 e. The molecule has 5 heteroatoms. The van der Waals surface area contributed by atoms with Crippen LogP contribution in [-0.2, 0) is 11.3 Å². The van der Waals surface area contributed by atoms with Gasteiger partial charge >= 0.3 is 6.03 Å². The van der Waals surface area contributed by atoms with Gasteiger partial charge < -0.3 is 5.32 Å². The van der Waals surface area contributed by atoms with E-state index < -0.39 is 6.03 Å². The molecule has 2 N–H and O–H groups in total. The van der Waals surface area contributed by atoms with Crippen LogP contribution in [0.2, 0.25) is 0 Å². The molecule has 0 saturated heterocycles. The molecule has 2 rings (SSSR count). The Hall–Kier alpha value is -1.88. The summed E-state index contributed by atoms with van der Waals surface area (Å²) in [6, 6.07) is 10.1. The number of hydrogen-bond donors (Lipinski definition) is 2. The number of benzene rings is 1. The molecule has 0 radical (unpaired) electrons. The SMILES string of the molecule is CNC(=O)NC(=O)CN(Cc1ccccc1)C1CC1. The van der Waals surface area contributed by atoms with Crippen LogP contribution in [0, 0.1) is 0 Å². The first kappa shape index (κ1) is 13.5. The standard InChI is InChI=1S/C14H19N3O2/c1-15-14(19)16-13(18)10-17(12-7-8-12)9-11-5-3-2-4-6-11/h2-6,12H,7-10H2,1H3,(H2,15,16,18,19). The van der Waals surface area contributed by atoms with E-state index in [9.17, 15) is 9.59 Å². The summed E-state index contributed by atoms with van der Waals surface area (Å²) in [7, 11) is 1.49. The molecule has 1 aliphatic rings. The minimum absolute atomic E-state index is 0.257. The highest BCUT2D eigenvalue weighted by Gasteiger charge is 2.30. The Morgan fingerprint density at radius 2 is 1.95 bits per heavy atom. The molecule has 1 aromatic carbocycles. The van der Waals surface area contributed by atoms with Crippen LogP contribution in [-0.4, -0.2) is 36.5 Å². The van der Waals surface area contributed by atoms with Crippen molar-refractivity contribution in [3.63, 3.8) is 0 Å². The molecule has 19 heavy (non-hydrogen) atoms. The summed E-state index contributed by atoms with van der Waals surface area (Å²) in [4.78, 5) is 24.9. The Morgan fingerprint density at radius 1 is 1.26 bits per heavy atom. The Kier molecular flexibility index (Phi) is 4.52. The Morgan fingerprint density at radius 3 is 2.53 bits per heavy atom.